The molecule has 4 nitrogen and oxygen atoms in total. The van der Waals surface area contributed by atoms with Gasteiger partial charge in [0, 0.05) is 26.1 Å². The molecule has 2 aliphatic carbocycles. The van der Waals surface area contributed by atoms with Crippen molar-refractivity contribution in [1.82, 2.24) is 0 Å². The van der Waals surface area contributed by atoms with E-state index in [2.05, 4.69) is 0 Å². The van der Waals surface area contributed by atoms with Crippen molar-refractivity contribution in [3.63, 3.8) is 0 Å². The average molecular weight is 228 g/mol. The normalized spacial score (nSPS) is 37.0. The highest BCUT2D eigenvalue weighted by atomic mass is 16.7. The lowest BCUT2D eigenvalue weighted by molar-refractivity contribution is -0.300. The number of carboxylic acid groups (broad SMARTS) is 1. The van der Waals surface area contributed by atoms with Crippen LogP contribution < -0.4 is 0 Å². The Kier molecular flexibility index (Phi) is 3.22. The molecule has 2 aliphatic rings. The second-order valence-corrected chi connectivity index (χ2v) is 4.96. The minimum Gasteiger partial charge on any atom is -0.481 e. The topological polar surface area (TPSA) is 55.8 Å². The number of hydrogen-bond donors (Lipinski definition) is 1. The van der Waals surface area contributed by atoms with Gasteiger partial charge in [0.2, 0.25) is 0 Å². The van der Waals surface area contributed by atoms with E-state index in [0.717, 1.165) is 19.3 Å². The Balaban J connectivity index is 2.22. The van der Waals surface area contributed by atoms with Crippen molar-refractivity contribution in [3.8, 4) is 0 Å². The first kappa shape index (κ1) is 11.9. The minimum atomic E-state index is -0.669. The summed E-state index contributed by atoms with van der Waals surface area (Å²) in [5.74, 6) is -0.942. The first-order chi connectivity index (χ1) is 7.64. The quantitative estimate of drug-likeness (QED) is 0.749. The molecular formula is C12H20O4. The van der Waals surface area contributed by atoms with Crippen LogP contribution in [-0.4, -0.2) is 31.1 Å². The van der Waals surface area contributed by atoms with Gasteiger partial charge in [-0.05, 0) is 25.7 Å². The third-order valence-electron chi connectivity index (χ3n) is 4.37. The van der Waals surface area contributed by atoms with Gasteiger partial charge in [-0.15, -0.1) is 0 Å². The van der Waals surface area contributed by atoms with Crippen LogP contribution in [0.2, 0.25) is 0 Å². The summed E-state index contributed by atoms with van der Waals surface area (Å²) in [6.07, 6.45) is 4.57. The first-order valence-electron chi connectivity index (χ1n) is 5.97. The molecule has 4 heteroatoms. The number of ether oxygens (including phenoxy) is 2. The summed E-state index contributed by atoms with van der Waals surface area (Å²) < 4.78 is 11.2. The maximum atomic E-state index is 11.1. The molecule has 0 amide bonds. The Morgan fingerprint density at radius 2 is 1.69 bits per heavy atom. The van der Waals surface area contributed by atoms with Crippen molar-refractivity contribution in [2.75, 3.05) is 14.2 Å². The molecule has 92 valence electrons. The Morgan fingerprint density at radius 1 is 1.19 bits per heavy atom. The van der Waals surface area contributed by atoms with E-state index in [1.165, 1.54) is 0 Å². The lowest BCUT2D eigenvalue weighted by Gasteiger charge is -2.52. The van der Waals surface area contributed by atoms with Crippen LogP contribution in [0.15, 0.2) is 0 Å². The molecule has 0 aromatic heterocycles. The molecule has 0 spiro atoms. The molecular weight excluding hydrogens is 208 g/mol. The van der Waals surface area contributed by atoms with E-state index in [-0.39, 0.29) is 17.8 Å². The zero-order chi connectivity index (χ0) is 11.8. The molecule has 16 heavy (non-hydrogen) atoms. The molecule has 0 aromatic rings. The van der Waals surface area contributed by atoms with Crippen LogP contribution in [0, 0.1) is 17.8 Å². The van der Waals surface area contributed by atoms with Crippen LogP contribution >= 0.6 is 0 Å². The first-order valence-corrected chi connectivity index (χ1v) is 5.97. The van der Waals surface area contributed by atoms with E-state index < -0.39 is 11.8 Å². The van der Waals surface area contributed by atoms with Crippen LogP contribution in [0.3, 0.4) is 0 Å². The third kappa shape index (κ3) is 1.64. The summed E-state index contributed by atoms with van der Waals surface area (Å²) in [6, 6.07) is 0. The van der Waals surface area contributed by atoms with Gasteiger partial charge < -0.3 is 14.6 Å². The maximum Gasteiger partial charge on any atom is 0.306 e. The van der Waals surface area contributed by atoms with Gasteiger partial charge in [-0.2, -0.15) is 0 Å². The maximum absolute atomic E-state index is 11.1. The second-order valence-electron chi connectivity index (χ2n) is 4.96. The second kappa shape index (κ2) is 4.34. The molecule has 0 aliphatic heterocycles. The lowest BCUT2D eigenvalue weighted by atomic mass is 9.63. The molecule has 2 saturated carbocycles. The van der Waals surface area contributed by atoms with Gasteiger partial charge in [0.15, 0.2) is 5.79 Å². The van der Waals surface area contributed by atoms with Crippen LogP contribution in [0.25, 0.3) is 0 Å². The zero-order valence-corrected chi connectivity index (χ0v) is 9.94. The highest BCUT2D eigenvalue weighted by Crippen LogP contribution is 2.51. The van der Waals surface area contributed by atoms with Crippen molar-refractivity contribution in [3.05, 3.63) is 0 Å². The number of carbonyl (C=O) groups is 1. The summed E-state index contributed by atoms with van der Waals surface area (Å²) in [6.45, 7) is 0. The molecule has 3 atom stereocenters. The molecule has 0 aromatic carbocycles. The van der Waals surface area contributed by atoms with E-state index in [1.54, 1.807) is 14.2 Å². The highest BCUT2D eigenvalue weighted by Gasteiger charge is 2.54. The molecule has 0 saturated heterocycles. The number of fused-ring (bicyclic) bond motifs is 2. The van der Waals surface area contributed by atoms with Crippen molar-refractivity contribution < 1.29 is 19.4 Å². The van der Waals surface area contributed by atoms with E-state index in [4.69, 9.17) is 14.6 Å². The van der Waals surface area contributed by atoms with E-state index in [1.807, 2.05) is 0 Å². The van der Waals surface area contributed by atoms with E-state index in [0.29, 0.717) is 12.8 Å². The molecule has 2 bridgehead atoms. The Bertz CT molecular complexity index is 256. The molecule has 2 rings (SSSR count). The summed E-state index contributed by atoms with van der Waals surface area (Å²) >= 11 is 0. The van der Waals surface area contributed by atoms with E-state index in [9.17, 15) is 4.79 Å². The summed E-state index contributed by atoms with van der Waals surface area (Å²) in [7, 11) is 3.35. The number of methoxy groups -OCH3 is 2. The van der Waals surface area contributed by atoms with Gasteiger partial charge in [0.05, 0.1) is 5.92 Å². The number of rotatable bonds is 3. The number of aliphatic carboxylic acids is 1. The fourth-order valence-corrected chi connectivity index (χ4v) is 3.65. The predicted octanol–water partition coefficient (Wildman–Crippen LogP) is 1.89. The average Bonchev–Trinajstić information content (AvgIpc) is 2.26. The SMILES string of the molecule is COC1(OC)[C@@H]2CCC[C@H]1C[C@@H](C(=O)O)C2. The van der Waals surface area contributed by atoms with Gasteiger partial charge in [0.25, 0.3) is 0 Å². The smallest absolute Gasteiger partial charge is 0.306 e. The third-order valence-corrected chi connectivity index (χ3v) is 4.37. The fourth-order valence-electron chi connectivity index (χ4n) is 3.65. The highest BCUT2D eigenvalue weighted by molar-refractivity contribution is 5.70. The van der Waals surface area contributed by atoms with Gasteiger partial charge in [-0.25, -0.2) is 0 Å². The van der Waals surface area contributed by atoms with Crippen LogP contribution in [0.4, 0.5) is 0 Å². The Morgan fingerprint density at radius 3 is 2.06 bits per heavy atom. The summed E-state index contributed by atoms with van der Waals surface area (Å²) in [5.41, 5.74) is 0. The van der Waals surface area contributed by atoms with Crippen LogP contribution in [-0.2, 0) is 14.3 Å². The lowest BCUT2D eigenvalue weighted by Crippen LogP contribution is -2.55. The molecule has 0 radical (unpaired) electrons. The van der Waals surface area contributed by atoms with E-state index >= 15 is 0 Å². The van der Waals surface area contributed by atoms with Crippen LogP contribution in [0.1, 0.15) is 32.1 Å². The van der Waals surface area contributed by atoms with Gasteiger partial charge in [0.1, 0.15) is 0 Å². The molecule has 0 heterocycles. The molecule has 0 unspecified atom stereocenters. The van der Waals surface area contributed by atoms with Crippen molar-refractivity contribution in [2.45, 2.75) is 37.9 Å². The zero-order valence-electron chi connectivity index (χ0n) is 9.94. The van der Waals surface area contributed by atoms with Gasteiger partial charge in [-0.1, -0.05) is 6.42 Å². The Labute approximate surface area is 95.9 Å². The van der Waals surface area contributed by atoms with Gasteiger partial charge >= 0.3 is 5.97 Å². The molecule has 2 fully saturated rings. The minimum absolute atomic E-state index is 0.214. The summed E-state index contributed by atoms with van der Waals surface area (Å²) in [5, 5.41) is 9.13. The predicted molar refractivity (Wildman–Crippen MR) is 57.9 cm³/mol. The molecule has 1 N–H and O–H groups in total. The monoisotopic (exact) mass is 228 g/mol. The largest absolute Gasteiger partial charge is 0.481 e. The Hall–Kier alpha value is -0.610. The van der Waals surface area contributed by atoms with Crippen molar-refractivity contribution >= 4 is 5.97 Å². The van der Waals surface area contributed by atoms with Crippen molar-refractivity contribution in [2.24, 2.45) is 17.8 Å². The fraction of sp³-hybridized carbons (Fsp3) is 0.917. The number of carboxylic acids is 1. The summed E-state index contributed by atoms with van der Waals surface area (Å²) in [4.78, 5) is 11.1. The van der Waals surface area contributed by atoms with Gasteiger partial charge in [-0.3, -0.25) is 4.79 Å². The standard InChI is InChI=1S/C12H20O4/c1-15-12(16-2)9-4-3-5-10(12)7-8(6-9)11(13)14/h8-10H,3-7H2,1-2H3,(H,13,14)/t8-,9+,10-. The van der Waals surface area contributed by atoms with Crippen LogP contribution in [0.5, 0.6) is 0 Å². The van der Waals surface area contributed by atoms with Crippen molar-refractivity contribution in [1.29, 1.82) is 0 Å². The number of hydrogen-bond acceptors (Lipinski definition) is 3.